The predicted molar refractivity (Wildman–Crippen MR) is 65.0 cm³/mol. The smallest absolute Gasteiger partial charge is 0.317 e. The summed E-state index contributed by atoms with van der Waals surface area (Å²) in [6.07, 6.45) is 0.454. The number of carbonyl (C=O) groups is 2. The molecule has 4 heteroatoms. The van der Waals surface area contributed by atoms with Crippen molar-refractivity contribution in [2.75, 3.05) is 14.2 Å². The Morgan fingerprint density at radius 1 is 1.17 bits per heavy atom. The van der Waals surface area contributed by atoms with Gasteiger partial charge < -0.3 is 9.47 Å². The second-order valence-electron chi connectivity index (χ2n) is 4.61. The van der Waals surface area contributed by atoms with Gasteiger partial charge >= 0.3 is 11.9 Å². The van der Waals surface area contributed by atoms with Gasteiger partial charge in [-0.05, 0) is 18.9 Å². The van der Waals surface area contributed by atoms with E-state index in [1.165, 1.54) is 14.2 Å². The minimum absolute atomic E-state index is 0.360. The van der Waals surface area contributed by atoms with E-state index >= 15 is 0 Å². The van der Waals surface area contributed by atoms with Gasteiger partial charge in [-0.1, -0.05) is 29.8 Å². The van der Waals surface area contributed by atoms with Crippen LogP contribution in [0.4, 0.5) is 0 Å². The van der Waals surface area contributed by atoms with Gasteiger partial charge in [-0.25, -0.2) is 0 Å². The van der Waals surface area contributed by atoms with E-state index in [9.17, 15) is 9.59 Å². The average molecular weight is 248 g/mol. The highest BCUT2D eigenvalue weighted by Crippen LogP contribution is 2.55. The van der Waals surface area contributed by atoms with Crippen molar-refractivity contribution in [3.8, 4) is 0 Å². The summed E-state index contributed by atoms with van der Waals surface area (Å²) in [5.74, 6) is -1.17. The number of esters is 2. The molecule has 1 saturated carbocycles. The van der Waals surface area contributed by atoms with Gasteiger partial charge in [0, 0.05) is 0 Å². The van der Waals surface area contributed by atoms with E-state index in [2.05, 4.69) is 0 Å². The molecule has 1 aliphatic rings. The number of hydrogen-bond acceptors (Lipinski definition) is 4. The van der Waals surface area contributed by atoms with E-state index in [0.717, 1.165) is 11.1 Å². The van der Waals surface area contributed by atoms with Crippen LogP contribution in [0.2, 0.25) is 0 Å². The Hall–Kier alpha value is -1.84. The normalized spacial score (nSPS) is 25.4. The number of rotatable bonds is 3. The number of ether oxygens (including phenoxy) is 2. The quantitative estimate of drug-likeness (QED) is 0.762. The number of methoxy groups -OCH3 is 2. The zero-order valence-corrected chi connectivity index (χ0v) is 10.7. The molecule has 2 atom stereocenters. The van der Waals surface area contributed by atoms with Crippen molar-refractivity contribution in [3.05, 3.63) is 35.4 Å². The number of carbonyl (C=O) groups excluding carboxylic acids is 2. The Morgan fingerprint density at radius 3 is 2.28 bits per heavy atom. The van der Waals surface area contributed by atoms with E-state index in [-0.39, 0.29) is 11.9 Å². The van der Waals surface area contributed by atoms with Crippen LogP contribution < -0.4 is 0 Å². The molecule has 1 fully saturated rings. The molecule has 0 radical (unpaired) electrons. The zero-order valence-electron chi connectivity index (χ0n) is 10.7. The number of hydrogen-bond donors (Lipinski definition) is 0. The fourth-order valence-corrected chi connectivity index (χ4v) is 2.39. The Balaban J connectivity index is 2.37. The fraction of sp³-hybridized carbons (Fsp3) is 0.429. The third-order valence-electron chi connectivity index (χ3n) is 3.56. The van der Waals surface area contributed by atoms with Crippen molar-refractivity contribution < 1.29 is 19.1 Å². The highest BCUT2D eigenvalue weighted by Gasteiger charge is 2.66. The summed E-state index contributed by atoms with van der Waals surface area (Å²) >= 11 is 0. The topological polar surface area (TPSA) is 52.6 Å². The third kappa shape index (κ3) is 1.78. The van der Waals surface area contributed by atoms with Gasteiger partial charge in [0.2, 0.25) is 0 Å². The highest BCUT2D eigenvalue weighted by atomic mass is 16.5. The van der Waals surface area contributed by atoms with E-state index in [1.807, 2.05) is 31.2 Å². The summed E-state index contributed by atoms with van der Waals surface area (Å²) in [6, 6.07) is 7.59. The maximum atomic E-state index is 12.0. The van der Waals surface area contributed by atoms with E-state index in [0.29, 0.717) is 6.42 Å². The zero-order chi connectivity index (χ0) is 13.3. The first-order valence-corrected chi connectivity index (χ1v) is 5.79. The van der Waals surface area contributed by atoms with Gasteiger partial charge in [-0.3, -0.25) is 9.59 Å². The molecule has 0 aromatic heterocycles. The van der Waals surface area contributed by atoms with Crippen LogP contribution >= 0.6 is 0 Å². The molecule has 0 saturated heterocycles. The average Bonchev–Trinajstić information content (AvgIpc) is 3.14. The first-order valence-electron chi connectivity index (χ1n) is 5.79. The second-order valence-corrected chi connectivity index (χ2v) is 4.61. The summed E-state index contributed by atoms with van der Waals surface area (Å²) in [7, 11) is 2.67. The van der Waals surface area contributed by atoms with Gasteiger partial charge in [0.25, 0.3) is 0 Å². The maximum Gasteiger partial charge on any atom is 0.317 e. The van der Waals surface area contributed by atoms with Crippen molar-refractivity contribution >= 4 is 11.9 Å². The first-order chi connectivity index (χ1) is 8.56. The summed E-state index contributed by atoms with van der Waals surface area (Å²) in [5.41, 5.74) is 1.07. The number of aryl methyl sites for hydroxylation is 1. The van der Waals surface area contributed by atoms with Crippen LogP contribution in [0.5, 0.6) is 0 Å². The SMILES string of the molecule is COC(=O)[C@@H]1C[C@@]1(C(=O)OC)c1ccc(C)cc1. The molecule has 96 valence electrons. The third-order valence-corrected chi connectivity index (χ3v) is 3.56. The Kier molecular flexibility index (Phi) is 3.11. The maximum absolute atomic E-state index is 12.0. The molecule has 0 aliphatic heterocycles. The molecule has 1 aromatic carbocycles. The summed E-state index contributed by atoms with van der Waals surface area (Å²) in [5, 5.41) is 0. The van der Waals surface area contributed by atoms with Crippen LogP contribution in [0.1, 0.15) is 17.5 Å². The monoisotopic (exact) mass is 248 g/mol. The van der Waals surface area contributed by atoms with Gasteiger partial charge in [0.05, 0.1) is 20.1 Å². The molecule has 2 rings (SSSR count). The molecule has 0 unspecified atom stereocenters. The number of benzene rings is 1. The van der Waals surface area contributed by atoms with Crippen LogP contribution in [0.3, 0.4) is 0 Å². The Labute approximate surface area is 106 Å². The lowest BCUT2D eigenvalue weighted by Gasteiger charge is -2.15. The summed E-state index contributed by atoms with van der Waals surface area (Å²) in [4.78, 5) is 23.6. The van der Waals surface area contributed by atoms with Crippen molar-refractivity contribution in [1.82, 2.24) is 0 Å². The van der Waals surface area contributed by atoms with Crippen LogP contribution in [0, 0.1) is 12.8 Å². The summed E-state index contributed by atoms with van der Waals surface area (Å²) in [6.45, 7) is 1.97. The lowest BCUT2D eigenvalue weighted by Crippen LogP contribution is -2.27. The lowest BCUT2D eigenvalue weighted by molar-refractivity contribution is -0.149. The Morgan fingerprint density at radius 2 is 1.78 bits per heavy atom. The molecule has 0 heterocycles. The molecule has 18 heavy (non-hydrogen) atoms. The van der Waals surface area contributed by atoms with Crippen LogP contribution in [0.15, 0.2) is 24.3 Å². The first kappa shape index (κ1) is 12.6. The van der Waals surface area contributed by atoms with E-state index in [4.69, 9.17) is 9.47 Å². The van der Waals surface area contributed by atoms with E-state index in [1.54, 1.807) is 0 Å². The predicted octanol–water partition coefficient (Wildman–Crippen LogP) is 1.60. The van der Waals surface area contributed by atoms with E-state index < -0.39 is 11.3 Å². The van der Waals surface area contributed by atoms with Gasteiger partial charge in [-0.2, -0.15) is 0 Å². The standard InChI is InChI=1S/C14H16O4/c1-9-4-6-10(7-5-9)14(13(16)18-3)8-11(14)12(15)17-2/h4-7,11H,8H2,1-3H3/t11-,14+/m0/s1. The molecular formula is C14H16O4. The van der Waals surface area contributed by atoms with Crippen molar-refractivity contribution in [1.29, 1.82) is 0 Å². The lowest BCUT2D eigenvalue weighted by atomic mass is 9.92. The van der Waals surface area contributed by atoms with Crippen LogP contribution in [0.25, 0.3) is 0 Å². The molecule has 0 bridgehead atoms. The molecule has 4 nitrogen and oxygen atoms in total. The highest BCUT2D eigenvalue weighted by molar-refractivity contribution is 5.96. The Bertz CT molecular complexity index is 477. The fourth-order valence-electron chi connectivity index (χ4n) is 2.39. The molecule has 1 aliphatic carbocycles. The molecular weight excluding hydrogens is 232 g/mol. The van der Waals surface area contributed by atoms with Crippen LogP contribution in [-0.4, -0.2) is 26.2 Å². The van der Waals surface area contributed by atoms with Crippen LogP contribution in [-0.2, 0) is 24.5 Å². The minimum atomic E-state index is -0.852. The van der Waals surface area contributed by atoms with Gasteiger partial charge in [0.15, 0.2) is 0 Å². The molecule has 0 N–H and O–H groups in total. The summed E-state index contributed by atoms with van der Waals surface area (Å²) < 4.78 is 9.56. The molecule has 1 aromatic rings. The van der Waals surface area contributed by atoms with Gasteiger partial charge in [-0.15, -0.1) is 0 Å². The van der Waals surface area contributed by atoms with Crippen molar-refractivity contribution in [2.45, 2.75) is 18.8 Å². The second kappa shape index (κ2) is 4.44. The van der Waals surface area contributed by atoms with Gasteiger partial charge in [0.1, 0.15) is 5.41 Å². The molecule has 0 spiro atoms. The molecule has 0 amide bonds. The van der Waals surface area contributed by atoms with Crippen molar-refractivity contribution in [2.24, 2.45) is 5.92 Å². The largest absolute Gasteiger partial charge is 0.469 e. The van der Waals surface area contributed by atoms with Crippen molar-refractivity contribution in [3.63, 3.8) is 0 Å². The minimum Gasteiger partial charge on any atom is -0.469 e.